The van der Waals surface area contributed by atoms with Crippen LogP contribution in [0.25, 0.3) is 0 Å². The van der Waals surface area contributed by atoms with Crippen LogP contribution in [0.15, 0.2) is 24.3 Å². The van der Waals surface area contributed by atoms with E-state index in [0.717, 1.165) is 12.8 Å². The van der Waals surface area contributed by atoms with Gasteiger partial charge in [-0.2, -0.15) is 0 Å². The van der Waals surface area contributed by atoms with Gasteiger partial charge in [-0.05, 0) is 31.5 Å². The SMILES string of the molecule is NCCCC1COCC(=O)N1c1ccccc1O. The van der Waals surface area contributed by atoms with Gasteiger partial charge in [-0.15, -0.1) is 0 Å². The summed E-state index contributed by atoms with van der Waals surface area (Å²) in [4.78, 5) is 13.6. The molecule has 1 aromatic rings. The summed E-state index contributed by atoms with van der Waals surface area (Å²) in [5, 5.41) is 9.86. The first-order valence-electron chi connectivity index (χ1n) is 6.12. The second-order valence-corrected chi connectivity index (χ2v) is 4.35. The molecule has 2 rings (SSSR count). The molecule has 0 radical (unpaired) electrons. The van der Waals surface area contributed by atoms with Gasteiger partial charge >= 0.3 is 0 Å². The van der Waals surface area contributed by atoms with Crippen molar-refractivity contribution in [3.63, 3.8) is 0 Å². The molecule has 0 aromatic heterocycles. The fourth-order valence-corrected chi connectivity index (χ4v) is 2.19. The summed E-state index contributed by atoms with van der Waals surface area (Å²) in [6, 6.07) is 6.81. The number of nitrogens with two attached hydrogens (primary N) is 1. The molecule has 0 spiro atoms. The molecule has 5 heteroatoms. The molecule has 0 bridgehead atoms. The van der Waals surface area contributed by atoms with Crippen LogP contribution in [0.2, 0.25) is 0 Å². The largest absolute Gasteiger partial charge is 0.506 e. The number of anilines is 1. The average Bonchev–Trinajstić information content (AvgIpc) is 2.38. The number of hydrogen-bond acceptors (Lipinski definition) is 4. The summed E-state index contributed by atoms with van der Waals surface area (Å²) in [5.41, 5.74) is 6.05. The molecular weight excluding hydrogens is 232 g/mol. The lowest BCUT2D eigenvalue weighted by Gasteiger charge is -2.35. The van der Waals surface area contributed by atoms with Gasteiger partial charge in [0.15, 0.2) is 0 Å². The maximum absolute atomic E-state index is 12.0. The topological polar surface area (TPSA) is 75.8 Å². The number of phenols is 1. The van der Waals surface area contributed by atoms with Gasteiger partial charge in [0.2, 0.25) is 0 Å². The van der Waals surface area contributed by atoms with Crippen LogP contribution in [0.3, 0.4) is 0 Å². The minimum atomic E-state index is -0.121. The maximum atomic E-state index is 12.0. The van der Waals surface area contributed by atoms with Gasteiger partial charge in [0, 0.05) is 0 Å². The Morgan fingerprint density at radius 2 is 2.22 bits per heavy atom. The van der Waals surface area contributed by atoms with E-state index in [4.69, 9.17) is 10.5 Å². The van der Waals surface area contributed by atoms with Crippen molar-refractivity contribution >= 4 is 11.6 Å². The van der Waals surface area contributed by atoms with Gasteiger partial charge in [-0.1, -0.05) is 12.1 Å². The van der Waals surface area contributed by atoms with E-state index < -0.39 is 0 Å². The first-order chi connectivity index (χ1) is 8.74. The predicted octanol–water partition coefficient (Wildman–Crippen LogP) is 0.863. The highest BCUT2D eigenvalue weighted by Crippen LogP contribution is 2.30. The molecule has 0 saturated carbocycles. The molecule has 1 heterocycles. The highest BCUT2D eigenvalue weighted by molar-refractivity contribution is 5.96. The molecule has 5 nitrogen and oxygen atoms in total. The van der Waals surface area contributed by atoms with E-state index in [1.807, 2.05) is 0 Å². The number of rotatable bonds is 4. The molecular formula is C13H18N2O3. The summed E-state index contributed by atoms with van der Waals surface area (Å²) in [5.74, 6) is -0.00438. The van der Waals surface area contributed by atoms with Crippen LogP contribution >= 0.6 is 0 Å². The van der Waals surface area contributed by atoms with Crippen molar-refractivity contribution in [2.75, 3.05) is 24.7 Å². The number of amides is 1. The van der Waals surface area contributed by atoms with Gasteiger partial charge in [-0.25, -0.2) is 0 Å². The number of phenolic OH excluding ortho intramolecular Hbond substituents is 1. The Hall–Kier alpha value is -1.59. The van der Waals surface area contributed by atoms with Crippen molar-refractivity contribution in [1.82, 2.24) is 0 Å². The van der Waals surface area contributed by atoms with Crippen molar-refractivity contribution in [3.05, 3.63) is 24.3 Å². The van der Waals surface area contributed by atoms with Crippen LogP contribution in [-0.2, 0) is 9.53 Å². The molecule has 1 aliphatic rings. The fraction of sp³-hybridized carbons (Fsp3) is 0.462. The van der Waals surface area contributed by atoms with E-state index in [1.165, 1.54) is 0 Å². The van der Waals surface area contributed by atoms with E-state index in [2.05, 4.69) is 0 Å². The third kappa shape index (κ3) is 2.63. The number of morpholine rings is 1. The molecule has 0 aliphatic carbocycles. The van der Waals surface area contributed by atoms with Gasteiger partial charge in [0.25, 0.3) is 5.91 Å². The van der Waals surface area contributed by atoms with Crippen LogP contribution in [0.5, 0.6) is 5.75 Å². The van der Waals surface area contributed by atoms with E-state index in [9.17, 15) is 9.90 Å². The zero-order valence-corrected chi connectivity index (χ0v) is 10.2. The Morgan fingerprint density at radius 1 is 1.44 bits per heavy atom. The summed E-state index contributed by atoms with van der Waals surface area (Å²) < 4.78 is 5.27. The van der Waals surface area contributed by atoms with Gasteiger partial charge < -0.3 is 20.5 Å². The lowest BCUT2D eigenvalue weighted by Crippen LogP contribution is -2.49. The number of ether oxygens (including phenoxy) is 1. The van der Waals surface area contributed by atoms with Crippen LogP contribution < -0.4 is 10.6 Å². The molecule has 3 N–H and O–H groups in total. The first kappa shape index (κ1) is 12.9. The highest BCUT2D eigenvalue weighted by Gasteiger charge is 2.30. The normalized spacial score (nSPS) is 20.2. The van der Waals surface area contributed by atoms with Gasteiger partial charge in [-0.3, -0.25) is 4.79 Å². The summed E-state index contributed by atoms with van der Waals surface area (Å²) in [6.45, 7) is 1.13. The summed E-state index contributed by atoms with van der Waals surface area (Å²) in [6.07, 6.45) is 1.60. The number of aromatic hydroxyl groups is 1. The van der Waals surface area contributed by atoms with E-state index >= 15 is 0 Å². The van der Waals surface area contributed by atoms with Gasteiger partial charge in [0.1, 0.15) is 12.4 Å². The first-order valence-corrected chi connectivity index (χ1v) is 6.12. The van der Waals surface area contributed by atoms with E-state index in [-0.39, 0.29) is 24.3 Å². The molecule has 1 amide bonds. The number of carbonyl (C=O) groups is 1. The molecule has 1 aliphatic heterocycles. The Labute approximate surface area is 106 Å². The van der Waals surface area contributed by atoms with Gasteiger partial charge in [0.05, 0.1) is 18.3 Å². The van der Waals surface area contributed by atoms with Crippen LogP contribution in [0.1, 0.15) is 12.8 Å². The van der Waals surface area contributed by atoms with E-state index in [0.29, 0.717) is 18.8 Å². The Kier molecular flexibility index (Phi) is 4.17. The quantitative estimate of drug-likeness (QED) is 0.831. The predicted molar refractivity (Wildman–Crippen MR) is 68.5 cm³/mol. The Bertz CT molecular complexity index is 422. The lowest BCUT2D eigenvalue weighted by atomic mass is 10.1. The second kappa shape index (κ2) is 5.84. The molecule has 1 saturated heterocycles. The number of benzene rings is 1. The fourth-order valence-electron chi connectivity index (χ4n) is 2.19. The monoisotopic (exact) mass is 250 g/mol. The summed E-state index contributed by atoms with van der Waals surface area (Å²) in [7, 11) is 0. The number of hydrogen-bond donors (Lipinski definition) is 2. The number of carbonyl (C=O) groups excluding carboxylic acids is 1. The number of para-hydroxylation sites is 2. The zero-order valence-electron chi connectivity index (χ0n) is 10.2. The molecule has 1 fully saturated rings. The van der Waals surface area contributed by atoms with Crippen molar-refractivity contribution < 1.29 is 14.6 Å². The summed E-state index contributed by atoms with van der Waals surface area (Å²) >= 11 is 0. The minimum Gasteiger partial charge on any atom is -0.506 e. The van der Waals surface area contributed by atoms with E-state index in [1.54, 1.807) is 29.2 Å². The lowest BCUT2D eigenvalue weighted by molar-refractivity contribution is -0.127. The average molecular weight is 250 g/mol. The molecule has 1 aromatic carbocycles. The third-order valence-corrected chi connectivity index (χ3v) is 3.05. The smallest absolute Gasteiger partial charge is 0.253 e. The van der Waals surface area contributed by atoms with Crippen LogP contribution in [0.4, 0.5) is 5.69 Å². The third-order valence-electron chi connectivity index (χ3n) is 3.05. The maximum Gasteiger partial charge on any atom is 0.253 e. The van der Waals surface area contributed by atoms with Crippen molar-refractivity contribution in [1.29, 1.82) is 0 Å². The molecule has 18 heavy (non-hydrogen) atoms. The van der Waals surface area contributed by atoms with Crippen molar-refractivity contribution in [3.8, 4) is 5.75 Å². The van der Waals surface area contributed by atoms with Crippen LogP contribution in [0, 0.1) is 0 Å². The zero-order chi connectivity index (χ0) is 13.0. The number of nitrogens with zero attached hydrogens (tertiary/aromatic N) is 1. The molecule has 98 valence electrons. The van der Waals surface area contributed by atoms with Crippen molar-refractivity contribution in [2.24, 2.45) is 5.73 Å². The van der Waals surface area contributed by atoms with Crippen molar-refractivity contribution in [2.45, 2.75) is 18.9 Å². The second-order valence-electron chi connectivity index (χ2n) is 4.35. The minimum absolute atomic E-state index is 0.0527. The Balaban J connectivity index is 2.24. The Morgan fingerprint density at radius 3 is 2.94 bits per heavy atom. The standard InChI is InChI=1S/C13H18N2O3/c14-7-3-4-10-8-18-9-13(17)15(10)11-5-1-2-6-12(11)16/h1-2,5-6,10,16H,3-4,7-9,14H2. The van der Waals surface area contributed by atoms with Crippen LogP contribution in [-0.4, -0.2) is 36.8 Å². The molecule has 1 atom stereocenters. The highest BCUT2D eigenvalue weighted by atomic mass is 16.5. The molecule has 1 unspecified atom stereocenters.